The molecule has 0 aliphatic carbocycles. The van der Waals surface area contributed by atoms with E-state index in [9.17, 15) is 5.11 Å². The Labute approximate surface area is 155 Å². The maximum atomic E-state index is 10.5. The molecule has 0 atom stereocenters. The van der Waals surface area contributed by atoms with E-state index in [1.165, 1.54) is 11.1 Å². The Kier molecular flexibility index (Phi) is 5.05. The second-order valence-electron chi connectivity index (χ2n) is 7.68. The average Bonchev–Trinajstić information content (AvgIpc) is 2.94. The van der Waals surface area contributed by atoms with Gasteiger partial charge >= 0.3 is 0 Å². The van der Waals surface area contributed by atoms with Crippen LogP contribution >= 0.6 is 0 Å². The molecule has 1 aromatic heterocycles. The zero-order chi connectivity index (χ0) is 18.9. The van der Waals surface area contributed by atoms with Crippen LogP contribution in [0.4, 0.5) is 0 Å². The average molecular weight is 352 g/mol. The van der Waals surface area contributed by atoms with Crippen LogP contribution in [0.25, 0.3) is 11.0 Å². The number of aromatic nitrogens is 2. The third-order valence-corrected chi connectivity index (χ3v) is 4.57. The molecule has 0 amide bonds. The molecular formula is C22H28N2O2. The molecule has 4 heteroatoms. The van der Waals surface area contributed by atoms with Crippen molar-refractivity contribution in [3.05, 3.63) is 59.4 Å². The first kappa shape index (κ1) is 18.5. The third kappa shape index (κ3) is 3.75. The quantitative estimate of drug-likeness (QED) is 0.695. The van der Waals surface area contributed by atoms with Gasteiger partial charge in [0.05, 0.1) is 17.6 Å². The van der Waals surface area contributed by atoms with Crippen LogP contribution in [0.15, 0.2) is 42.5 Å². The molecule has 0 fully saturated rings. The maximum absolute atomic E-state index is 10.5. The van der Waals surface area contributed by atoms with Gasteiger partial charge in [0, 0.05) is 0 Å². The van der Waals surface area contributed by atoms with E-state index in [1.54, 1.807) is 13.8 Å². The van der Waals surface area contributed by atoms with E-state index in [1.807, 2.05) is 24.3 Å². The van der Waals surface area contributed by atoms with Crippen LogP contribution in [-0.2, 0) is 12.1 Å². The van der Waals surface area contributed by atoms with Gasteiger partial charge in [-0.3, -0.25) is 0 Å². The number of aliphatic hydroxyl groups is 1. The number of fused-ring (bicyclic) bond motifs is 1. The molecule has 3 aromatic rings. The van der Waals surface area contributed by atoms with Crippen molar-refractivity contribution in [1.29, 1.82) is 0 Å². The molecule has 3 rings (SSSR count). The minimum Gasteiger partial charge on any atom is -0.491 e. The van der Waals surface area contributed by atoms with Gasteiger partial charge in [-0.15, -0.1) is 0 Å². The van der Waals surface area contributed by atoms with Crippen LogP contribution in [0, 0.1) is 6.92 Å². The highest BCUT2D eigenvalue weighted by Crippen LogP contribution is 2.28. The largest absolute Gasteiger partial charge is 0.491 e. The number of benzene rings is 2. The Hall–Kier alpha value is -2.33. The first-order chi connectivity index (χ1) is 12.3. The highest BCUT2D eigenvalue weighted by atomic mass is 16.5. The molecule has 1 N–H and O–H groups in total. The summed E-state index contributed by atoms with van der Waals surface area (Å²) in [6.45, 7) is 11.1. The Morgan fingerprint density at radius 2 is 1.88 bits per heavy atom. The van der Waals surface area contributed by atoms with E-state index in [0.29, 0.717) is 24.9 Å². The van der Waals surface area contributed by atoms with Crippen LogP contribution in [0.2, 0.25) is 0 Å². The predicted molar refractivity (Wildman–Crippen MR) is 106 cm³/mol. The standard InChI is InChI=1S/C22H28N2O2/c1-15(2)17-11-10-16(3)14-20(17)26-13-12-24-19-9-7-6-8-18(19)23-21(24)22(4,5)25/h6-11,14-15,25H,12-13H2,1-5H3. The van der Waals surface area contributed by atoms with Crippen molar-refractivity contribution >= 4 is 11.0 Å². The highest BCUT2D eigenvalue weighted by molar-refractivity contribution is 5.76. The van der Waals surface area contributed by atoms with Gasteiger partial charge in [0.2, 0.25) is 0 Å². The lowest BCUT2D eigenvalue weighted by Gasteiger charge is -2.20. The molecule has 2 aromatic carbocycles. The summed E-state index contributed by atoms with van der Waals surface area (Å²) in [5, 5.41) is 10.5. The van der Waals surface area contributed by atoms with Crippen LogP contribution in [0.3, 0.4) is 0 Å². The van der Waals surface area contributed by atoms with E-state index >= 15 is 0 Å². The number of para-hydroxylation sites is 2. The van der Waals surface area contributed by atoms with Gasteiger partial charge in [-0.25, -0.2) is 4.98 Å². The summed E-state index contributed by atoms with van der Waals surface area (Å²) in [5.74, 6) is 2.01. The van der Waals surface area contributed by atoms with Crippen molar-refractivity contribution < 1.29 is 9.84 Å². The van der Waals surface area contributed by atoms with Gasteiger partial charge in [-0.1, -0.05) is 38.1 Å². The molecule has 26 heavy (non-hydrogen) atoms. The molecule has 0 spiro atoms. The summed E-state index contributed by atoms with van der Waals surface area (Å²) in [4.78, 5) is 4.63. The van der Waals surface area contributed by atoms with Gasteiger partial charge in [0.25, 0.3) is 0 Å². The van der Waals surface area contributed by atoms with E-state index in [0.717, 1.165) is 16.8 Å². The van der Waals surface area contributed by atoms with Gasteiger partial charge in [0.1, 0.15) is 23.8 Å². The SMILES string of the molecule is Cc1ccc(C(C)C)c(OCCn2c(C(C)(C)O)nc3ccccc32)c1. The highest BCUT2D eigenvalue weighted by Gasteiger charge is 2.24. The van der Waals surface area contributed by atoms with Gasteiger partial charge in [-0.2, -0.15) is 0 Å². The number of ether oxygens (including phenoxy) is 1. The lowest BCUT2D eigenvalue weighted by atomic mass is 10.0. The molecule has 0 radical (unpaired) electrons. The normalized spacial score (nSPS) is 12.1. The third-order valence-electron chi connectivity index (χ3n) is 4.57. The zero-order valence-corrected chi connectivity index (χ0v) is 16.3. The molecule has 0 bridgehead atoms. The minimum absolute atomic E-state index is 0.409. The molecule has 0 saturated carbocycles. The van der Waals surface area contributed by atoms with Gasteiger partial charge < -0.3 is 14.4 Å². The number of imidazole rings is 1. The molecule has 4 nitrogen and oxygen atoms in total. The first-order valence-electron chi connectivity index (χ1n) is 9.19. The number of aryl methyl sites for hydroxylation is 1. The lowest BCUT2D eigenvalue weighted by Crippen LogP contribution is -2.23. The molecular weight excluding hydrogens is 324 g/mol. The van der Waals surface area contributed by atoms with Crippen LogP contribution in [0.1, 0.15) is 50.6 Å². The summed E-state index contributed by atoms with van der Waals surface area (Å²) < 4.78 is 8.19. The smallest absolute Gasteiger partial charge is 0.141 e. The summed E-state index contributed by atoms with van der Waals surface area (Å²) in [5.41, 5.74) is 3.30. The molecule has 138 valence electrons. The fraction of sp³-hybridized carbons (Fsp3) is 0.409. The van der Waals surface area contributed by atoms with E-state index in [4.69, 9.17) is 4.74 Å². The van der Waals surface area contributed by atoms with Crippen molar-refractivity contribution in [2.45, 2.75) is 52.7 Å². The fourth-order valence-corrected chi connectivity index (χ4v) is 3.26. The predicted octanol–water partition coefficient (Wildman–Crippen LogP) is 4.77. The Morgan fingerprint density at radius 3 is 2.58 bits per heavy atom. The lowest BCUT2D eigenvalue weighted by molar-refractivity contribution is 0.0644. The van der Waals surface area contributed by atoms with Gasteiger partial charge in [0.15, 0.2) is 0 Å². The van der Waals surface area contributed by atoms with Crippen LogP contribution < -0.4 is 4.74 Å². The van der Waals surface area contributed by atoms with E-state index in [2.05, 4.69) is 48.5 Å². The van der Waals surface area contributed by atoms with Crippen molar-refractivity contribution in [2.24, 2.45) is 0 Å². The second-order valence-corrected chi connectivity index (χ2v) is 7.68. The summed E-state index contributed by atoms with van der Waals surface area (Å²) in [7, 11) is 0. The van der Waals surface area contributed by atoms with Crippen LogP contribution in [-0.4, -0.2) is 21.3 Å². The molecule has 0 saturated heterocycles. The topological polar surface area (TPSA) is 47.3 Å². The number of hydrogen-bond donors (Lipinski definition) is 1. The molecule has 1 heterocycles. The van der Waals surface area contributed by atoms with E-state index < -0.39 is 5.60 Å². The molecule has 0 unspecified atom stereocenters. The van der Waals surface area contributed by atoms with Crippen molar-refractivity contribution in [3.63, 3.8) is 0 Å². The Morgan fingerprint density at radius 1 is 1.15 bits per heavy atom. The Bertz CT molecular complexity index is 904. The van der Waals surface area contributed by atoms with E-state index in [-0.39, 0.29) is 0 Å². The zero-order valence-electron chi connectivity index (χ0n) is 16.3. The summed E-state index contributed by atoms with van der Waals surface area (Å²) in [6.07, 6.45) is 0. The van der Waals surface area contributed by atoms with Crippen molar-refractivity contribution in [1.82, 2.24) is 9.55 Å². The minimum atomic E-state index is -1.01. The number of nitrogens with zero attached hydrogens (tertiary/aromatic N) is 2. The van der Waals surface area contributed by atoms with Crippen molar-refractivity contribution in [3.8, 4) is 5.75 Å². The van der Waals surface area contributed by atoms with Gasteiger partial charge in [-0.05, 0) is 56.0 Å². The summed E-state index contributed by atoms with van der Waals surface area (Å²) in [6, 6.07) is 14.3. The monoisotopic (exact) mass is 352 g/mol. The number of hydrogen-bond acceptors (Lipinski definition) is 3. The molecule has 0 aliphatic heterocycles. The molecule has 0 aliphatic rings. The number of rotatable bonds is 6. The first-order valence-corrected chi connectivity index (χ1v) is 9.19. The maximum Gasteiger partial charge on any atom is 0.141 e. The van der Waals surface area contributed by atoms with Crippen molar-refractivity contribution in [2.75, 3.05) is 6.61 Å². The second kappa shape index (κ2) is 7.12. The Balaban J connectivity index is 1.86. The summed E-state index contributed by atoms with van der Waals surface area (Å²) >= 11 is 0. The fourth-order valence-electron chi connectivity index (χ4n) is 3.26. The van der Waals surface area contributed by atoms with Crippen LogP contribution in [0.5, 0.6) is 5.75 Å².